The van der Waals surface area contributed by atoms with Gasteiger partial charge in [-0.3, -0.25) is 42.7 Å². The van der Waals surface area contributed by atoms with E-state index in [-0.39, 0.29) is 37.2 Å². The number of anilines is 6. The minimum absolute atomic E-state index is 0.0780. The molecule has 3 atom stereocenters. The van der Waals surface area contributed by atoms with Crippen LogP contribution in [0.15, 0.2) is 146 Å². The summed E-state index contributed by atoms with van der Waals surface area (Å²) in [6.07, 6.45) is 0.109. The number of aliphatic hydroxyl groups is 1. The maximum atomic E-state index is 13.9. The number of hydrogen-bond acceptors (Lipinski definition) is 13. The lowest BCUT2D eigenvalue weighted by Crippen LogP contribution is -2.33. The number of nitrogens with zero attached hydrogens (tertiary/aromatic N) is 12. The number of fused-ring (bicyclic) bond motifs is 9. The third kappa shape index (κ3) is 11.8. The molecule has 3 unspecified atom stereocenters. The van der Waals surface area contributed by atoms with Crippen molar-refractivity contribution in [3.05, 3.63) is 196 Å². The first-order valence-electron chi connectivity index (χ1n) is 26.6. The Balaban J connectivity index is 0.000000140. The molecule has 19 nitrogen and oxygen atoms in total. The Morgan fingerprint density at radius 3 is 1.29 bits per heavy atom. The average molecular weight is 1180 g/mol. The lowest BCUT2D eigenvalue weighted by Gasteiger charge is -2.27. The van der Waals surface area contributed by atoms with E-state index in [9.17, 15) is 29.4 Å². The number of carbonyl (C=O) groups excluding carboxylic acids is 3. The second kappa shape index (κ2) is 24.0. The quantitative estimate of drug-likeness (QED) is 0.128. The van der Waals surface area contributed by atoms with Crippen LogP contribution >= 0.6 is 34.8 Å². The van der Waals surface area contributed by atoms with Crippen molar-refractivity contribution in [2.24, 2.45) is 0 Å². The topological polar surface area (TPSA) is 220 Å². The van der Waals surface area contributed by atoms with Crippen molar-refractivity contribution in [3.8, 4) is 17.1 Å². The lowest BCUT2D eigenvalue weighted by molar-refractivity contribution is -0.156. The molecule has 83 heavy (non-hydrogen) atoms. The molecular formula is C61H57Cl3N12O7. The first-order valence-corrected chi connectivity index (χ1v) is 27.8. The molecule has 0 spiro atoms. The first-order chi connectivity index (χ1) is 39.8. The number of para-hydroxylation sites is 6. The van der Waals surface area contributed by atoms with Crippen molar-refractivity contribution in [3.63, 3.8) is 0 Å². The number of carboxylic acids is 1. The zero-order chi connectivity index (χ0) is 58.9. The number of carboxylic acid groups (broad SMARTS) is 1. The van der Waals surface area contributed by atoms with E-state index >= 15 is 0 Å². The highest BCUT2D eigenvalue weighted by Gasteiger charge is 2.41. The predicted molar refractivity (Wildman–Crippen MR) is 317 cm³/mol. The molecule has 0 saturated heterocycles. The predicted octanol–water partition coefficient (Wildman–Crippen LogP) is 12.0. The maximum absolute atomic E-state index is 13.9. The highest BCUT2D eigenvalue weighted by molar-refractivity contribution is 6.31. The highest BCUT2D eigenvalue weighted by atomic mass is 35.5. The zero-order valence-electron chi connectivity index (χ0n) is 46.1. The molecule has 12 rings (SSSR count). The fourth-order valence-electron chi connectivity index (χ4n) is 10.5. The van der Waals surface area contributed by atoms with Crippen molar-refractivity contribution < 1.29 is 34.1 Å². The van der Waals surface area contributed by atoms with Crippen molar-refractivity contribution in [2.75, 3.05) is 27.9 Å². The summed E-state index contributed by atoms with van der Waals surface area (Å²) < 4.78 is 11.2. The Hall–Kier alpha value is -8.75. The van der Waals surface area contributed by atoms with Gasteiger partial charge in [0.25, 0.3) is 0 Å². The van der Waals surface area contributed by atoms with Gasteiger partial charge in [0.05, 0.1) is 47.0 Å². The second-order valence-electron chi connectivity index (χ2n) is 20.9. The number of esters is 1. The lowest BCUT2D eigenvalue weighted by atomic mass is 10.0. The molecule has 22 heteroatoms. The molecule has 0 bridgehead atoms. The molecule has 0 radical (unpaired) electrons. The van der Waals surface area contributed by atoms with Crippen LogP contribution in [0.25, 0.3) is 17.1 Å². The van der Waals surface area contributed by atoms with Crippen LogP contribution in [0.2, 0.25) is 15.1 Å². The molecule has 3 aliphatic heterocycles. The van der Waals surface area contributed by atoms with Crippen LogP contribution in [0.5, 0.6) is 0 Å². The van der Waals surface area contributed by atoms with Crippen LogP contribution < -0.4 is 14.7 Å². The van der Waals surface area contributed by atoms with Gasteiger partial charge in [-0.15, -0.1) is 30.6 Å². The Labute approximate surface area is 493 Å². The number of aliphatic hydroxyl groups excluding tert-OH is 1. The fourth-order valence-corrected chi connectivity index (χ4v) is 10.9. The van der Waals surface area contributed by atoms with Crippen LogP contribution in [0.4, 0.5) is 34.1 Å². The van der Waals surface area contributed by atoms with Gasteiger partial charge in [0.2, 0.25) is 11.8 Å². The molecule has 0 aliphatic carbocycles. The van der Waals surface area contributed by atoms with Crippen LogP contribution in [0, 0.1) is 20.8 Å². The minimum atomic E-state index is -1.08. The van der Waals surface area contributed by atoms with Gasteiger partial charge in [-0.25, -0.2) is 0 Å². The van der Waals surface area contributed by atoms with Gasteiger partial charge >= 0.3 is 11.9 Å². The van der Waals surface area contributed by atoms with Gasteiger partial charge in [-0.1, -0.05) is 71.2 Å². The van der Waals surface area contributed by atoms with E-state index in [4.69, 9.17) is 39.5 Å². The van der Waals surface area contributed by atoms with Gasteiger partial charge < -0.3 is 19.8 Å². The van der Waals surface area contributed by atoms with E-state index in [1.54, 1.807) is 85.7 Å². The molecule has 3 aromatic heterocycles. The SMILES string of the molecule is Cc1nnc2n1-c1ccccc1N(c1ccc(Cl)cc1)C(=O)C2CC(=O)O.Cc1nnc2n1-c1ccccc1N(c1ccc(Cl)cc1)C(=O)C2CC(=O)OC(C)(C)C.Cc1nnc2n1-c1ccccc1N(c1ccc(Cl)cc1)CC2CCO. The zero-order valence-corrected chi connectivity index (χ0v) is 48.3. The summed E-state index contributed by atoms with van der Waals surface area (Å²) in [5, 5.41) is 46.1. The number of hydrogen-bond donors (Lipinski definition) is 2. The van der Waals surface area contributed by atoms with Gasteiger partial charge in [0.15, 0.2) is 11.6 Å². The second-order valence-corrected chi connectivity index (χ2v) is 22.2. The summed E-state index contributed by atoms with van der Waals surface area (Å²) in [6, 6.07) is 44.8. The van der Waals surface area contributed by atoms with Crippen LogP contribution in [0.1, 0.15) is 92.7 Å². The number of aliphatic carboxylic acids is 1. The highest BCUT2D eigenvalue weighted by Crippen LogP contribution is 2.43. The average Bonchev–Trinajstić information content (AvgIpc) is 4.19. The van der Waals surface area contributed by atoms with E-state index in [1.165, 1.54) is 4.90 Å². The van der Waals surface area contributed by atoms with E-state index in [1.807, 2.05) is 103 Å². The molecule has 6 aromatic carbocycles. The molecular weight excluding hydrogens is 1120 g/mol. The number of carbonyl (C=O) groups is 4. The van der Waals surface area contributed by atoms with Crippen LogP contribution in [0.3, 0.4) is 0 Å². The van der Waals surface area contributed by atoms with Crippen molar-refractivity contribution >= 4 is 92.7 Å². The first kappa shape index (κ1) is 57.5. The number of ether oxygens (including phenoxy) is 1. The molecule has 2 amide bonds. The van der Waals surface area contributed by atoms with Gasteiger partial charge in [-0.05, 0) is 157 Å². The Kier molecular flexibility index (Phi) is 16.6. The number of aryl methyl sites for hydroxylation is 3. The van der Waals surface area contributed by atoms with E-state index in [0.29, 0.717) is 73.2 Å². The van der Waals surface area contributed by atoms with Crippen molar-refractivity contribution in [1.82, 2.24) is 44.3 Å². The molecule has 0 fully saturated rings. The normalized spacial score (nSPS) is 16.0. The molecule has 2 N–H and O–H groups in total. The number of aromatic nitrogens is 9. The van der Waals surface area contributed by atoms with E-state index in [2.05, 4.69) is 52.2 Å². The summed E-state index contributed by atoms with van der Waals surface area (Å²) in [7, 11) is 0. The third-order valence-electron chi connectivity index (χ3n) is 14.1. The summed E-state index contributed by atoms with van der Waals surface area (Å²) in [6.45, 7) is 11.8. The number of benzene rings is 6. The minimum Gasteiger partial charge on any atom is -0.481 e. The summed E-state index contributed by atoms with van der Waals surface area (Å²) in [5.74, 6) is -0.270. The van der Waals surface area contributed by atoms with Crippen LogP contribution in [-0.4, -0.2) is 97.0 Å². The Bertz CT molecular complexity index is 3880. The number of rotatable bonds is 9. The number of halogens is 3. The van der Waals surface area contributed by atoms with Gasteiger partial charge in [0, 0.05) is 51.2 Å². The monoisotopic (exact) mass is 1170 g/mol. The van der Waals surface area contributed by atoms with Gasteiger partial charge in [0.1, 0.15) is 40.7 Å². The molecule has 3 aliphatic rings. The molecule has 424 valence electrons. The summed E-state index contributed by atoms with van der Waals surface area (Å²) >= 11 is 18.1. The molecule has 9 aromatic rings. The molecule has 6 heterocycles. The summed E-state index contributed by atoms with van der Waals surface area (Å²) in [4.78, 5) is 56.9. The molecule has 0 saturated carbocycles. The van der Waals surface area contributed by atoms with Crippen molar-refractivity contribution in [1.29, 1.82) is 0 Å². The van der Waals surface area contributed by atoms with Crippen molar-refractivity contribution in [2.45, 2.75) is 84.2 Å². The van der Waals surface area contributed by atoms with E-state index in [0.717, 1.165) is 40.9 Å². The van der Waals surface area contributed by atoms with Gasteiger partial charge in [-0.2, -0.15) is 0 Å². The summed E-state index contributed by atoms with van der Waals surface area (Å²) in [5.41, 5.74) is 6.57. The Morgan fingerprint density at radius 1 is 0.518 bits per heavy atom. The smallest absolute Gasteiger partial charge is 0.307 e. The number of amides is 2. The maximum Gasteiger partial charge on any atom is 0.307 e. The van der Waals surface area contributed by atoms with E-state index < -0.39 is 29.4 Å². The largest absolute Gasteiger partial charge is 0.481 e. The Morgan fingerprint density at radius 2 is 0.880 bits per heavy atom. The standard InChI is InChI=1S/C23H23ClN4O3.C19H15ClN4O3.C19H19ClN4O/c1-14-25-26-21-17(13-20(29)31-23(2,3)4)22(30)28(16-11-9-15(24)10-12-16)19-8-6-5-7-18(19)27(14)21;1-11-21-22-18-14(10-17(25)26)19(27)24(13-8-6-12(20)7-9-13)16-5-3-2-4-15(16)23(11)18;1-13-21-22-19-14(10-11-25)12-23(16-8-6-15(20)7-9-16)17-4-2-3-5-18(17)24(13)19/h5-12,17H,13H2,1-4H3;2-9,14H,10H2,1H3,(H,25,26);2-9,14,25H,10-12H2,1H3. The third-order valence-corrected chi connectivity index (χ3v) is 14.8. The van der Waals surface area contributed by atoms with Crippen LogP contribution in [-0.2, 0) is 23.9 Å². The fraction of sp³-hybridized carbons (Fsp3) is 0.246.